The van der Waals surface area contributed by atoms with Crippen LogP contribution in [0.15, 0.2) is 11.6 Å². The fourth-order valence-electron chi connectivity index (χ4n) is 3.08. The van der Waals surface area contributed by atoms with E-state index in [1.54, 1.807) is 11.1 Å². The van der Waals surface area contributed by atoms with Crippen molar-refractivity contribution in [1.82, 2.24) is 9.88 Å². The molecule has 2 rings (SSSR count). The predicted molar refractivity (Wildman–Crippen MR) is 93.4 cm³/mol. The number of aromatic nitrogens is 1. The standard InChI is InChI=1S/C17H27N3O2S/c1-3-13(2)20(12-15(21)19-17-18-10-11-23-17)16(22)9-8-14-6-4-5-7-14/h10-11,13-14H,3-9,12H2,1-2H3,(H,18,19,21)/t13-/m1/s1. The second-order valence-corrected chi connectivity index (χ2v) is 7.25. The number of carbonyl (C=O) groups excluding carboxylic acids is 2. The number of anilines is 1. The van der Waals surface area contributed by atoms with E-state index in [0.29, 0.717) is 17.5 Å². The highest BCUT2D eigenvalue weighted by Crippen LogP contribution is 2.28. The average Bonchev–Trinajstić information content (AvgIpc) is 3.23. The van der Waals surface area contributed by atoms with Crippen LogP contribution in [0.4, 0.5) is 5.13 Å². The first-order chi connectivity index (χ1) is 11.1. The van der Waals surface area contributed by atoms with Crippen LogP contribution in [0, 0.1) is 5.92 Å². The number of hydrogen-bond donors (Lipinski definition) is 1. The Morgan fingerprint density at radius 1 is 1.43 bits per heavy atom. The number of thiazole rings is 1. The van der Waals surface area contributed by atoms with Crippen molar-refractivity contribution in [2.24, 2.45) is 5.92 Å². The van der Waals surface area contributed by atoms with E-state index in [9.17, 15) is 9.59 Å². The van der Waals surface area contributed by atoms with E-state index < -0.39 is 0 Å². The second-order valence-electron chi connectivity index (χ2n) is 6.35. The van der Waals surface area contributed by atoms with Gasteiger partial charge in [0, 0.05) is 24.0 Å². The Balaban J connectivity index is 1.87. The van der Waals surface area contributed by atoms with Crippen LogP contribution < -0.4 is 5.32 Å². The van der Waals surface area contributed by atoms with Gasteiger partial charge in [-0.3, -0.25) is 9.59 Å². The van der Waals surface area contributed by atoms with Gasteiger partial charge in [0.1, 0.15) is 6.54 Å². The van der Waals surface area contributed by atoms with Crippen molar-refractivity contribution in [3.8, 4) is 0 Å². The van der Waals surface area contributed by atoms with Crippen molar-refractivity contribution in [1.29, 1.82) is 0 Å². The molecule has 1 atom stereocenters. The van der Waals surface area contributed by atoms with Crippen molar-refractivity contribution in [3.05, 3.63) is 11.6 Å². The monoisotopic (exact) mass is 337 g/mol. The van der Waals surface area contributed by atoms with Gasteiger partial charge in [0.05, 0.1) is 0 Å². The molecule has 6 heteroatoms. The lowest BCUT2D eigenvalue weighted by Gasteiger charge is -2.28. The van der Waals surface area contributed by atoms with Gasteiger partial charge >= 0.3 is 0 Å². The first kappa shape index (κ1) is 17.9. The van der Waals surface area contributed by atoms with Crippen LogP contribution in [-0.4, -0.2) is 34.3 Å². The normalized spacial score (nSPS) is 16.3. The summed E-state index contributed by atoms with van der Waals surface area (Å²) < 4.78 is 0. The van der Waals surface area contributed by atoms with E-state index in [-0.39, 0.29) is 24.4 Å². The summed E-state index contributed by atoms with van der Waals surface area (Å²) in [6.45, 7) is 4.16. The van der Waals surface area contributed by atoms with Gasteiger partial charge in [-0.1, -0.05) is 32.6 Å². The fraction of sp³-hybridized carbons (Fsp3) is 0.706. The maximum absolute atomic E-state index is 12.6. The molecular weight excluding hydrogens is 310 g/mol. The quantitative estimate of drug-likeness (QED) is 0.787. The molecule has 1 aromatic heterocycles. The van der Waals surface area contributed by atoms with Crippen LogP contribution in [0.3, 0.4) is 0 Å². The van der Waals surface area contributed by atoms with Crippen molar-refractivity contribution in [2.45, 2.75) is 64.8 Å². The zero-order chi connectivity index (χ0) is 16.7. The third-order valence-corrected chi connectivity index (χ3v) is 5.37. The molecule has 5 nitrogen and oxygen atoms in total. The molecule has 1 aliphatic rings. The maximum atomic E-state index is 12.6. The Morgan fingerprint density at radius 2 is 2.17 bits per heavy atom. The van der Waals surface area contributed by atoms with Gasteiger partial charge in [0.2, 0.25) is 11.8 Å². The van der Waals surface area contributed by atoms with Gasteiger partial charge in [-0.05, 0) is 25.7 Å². The molecule has 0 aliphatic heterocycles. The molecule has 0 radical (unpaired) electrons. The molecule has 1 fully saturated rings. The molecule has 0 saturated heterocycles. The highest BCUT2D eigenvalue weighted by molar-refractivity contribution is 7.13. The van der Waals surface area contributed by atoms with Gasteiger partial charge in [-0.2, -0.15) is 0 Å². The Labute approximate surface area is 142 Å². The maximum Gasteiger partial charge on any atom is 0.245 e. The van der Waals surface area contributed by atoms with Crippen LogP contribution in [0.25, 0.3) is 0 Å². The van der Waals surface area contributed by atoms with E-state index in [2.05, 4.69) is 10.3 Å². The van der Waals surface area contributed by atoms with Crippen LogP contribution in [0.5, 0.6) is 0 Å². The molecule has 1 aliphatic carbocycles. The lowest BCUT2D eigenvalue weighted by Crippen LogP contribution is -2.43. The van der Waals surface area contributed by atoms with Crippen molar-refractivity contribution < 1.29 is 9.59 Å². The number of nitrogens with zero attached hydrogens (tertiary/aromatic N) is 2. The van der Waals surface area contributed by atoms with Gasteiger partial charge in [-0.25, -0.2) is 4.98 Å². The molecule has 1 N–H and O–H groups in total. The largest absolute Gasteiger partial charge is 0.331 e. The molecule has 1 aromatic rings. The third-order valence-electron chi connectivity index (χ3n) is 4.68. The van der Waals surface area contributed by atoms with E-state index in [4.69, 9.17) is 0 Å². The zero-order valence-corrected chi connectivity index (χ0v) is 14.9. The summed E-state index contributed by atoms with van der Waals surface area (Å²) >= 11 is 1.38. The topological polar surface area (TPSA) is 62.3 Å². The van der Waals surface area contributed by atoms with E-state index >= 15 is 0 Å². The summed E-state index contributed by atoms with van der Waals surface area (Å²) in [5, 5.41) is 5.15. The van der Waals surface area contributed by atoms with E-state index in [1.165, 1.54) is 37.0 Å². The summed E-state index contributed by atoms with van der Waals surface area (Å²) in [4.78, 5) is 30.5. The van der Waals surface area contributed by atoms with Crippen LogP contribution in [0.2, 0.25) is 0 Å². The van der Waals surface area contributed by atoms with Gasteiger partial charge in [0.15, 0.2) is 5.13 Å². The predicted octanol–water partition coefficient (Wildman–Crippen LogP) is 3.68. The molecule has 0 unspecified atom stereocenters. The summed E-state index contributed by atoms with van der Waals surface area (Å²) in [7, 11) is 0. The highest BCUT2D eigenvalue weighted by Gasteiger charge is 2.24. The molecular formula is C17H27N3O2S. The SMILES string of the molecule is CC[C@@H](C)N(CC(=O)Nc1nccs1)C(=O)CCC1CCCC1. The Hall–Kier alpha value is -1.43. The van der Waals surface area contributed by atoms with E-state index in [0.717, 1.165) is 12.8 Å². The molecule has 1 saturated carbocycles. The summed E-state index contributed by atoms with van der Waals surface area (Å²) in [5.74, 6) is 0.622. The number of amides is 2. The van der Waals surface area contributed by atoms with Crippen LogP contribution >= 0.6 is 11.3 Å². The molecule has 0 aromatic carbocycles. The molecule has 128 valence electrons. The van der Waals surface area contributed by atoms with Gasteiger partial charge in [-0.15, -0.1) is 11.3 Å². The number of hydrogen-bond acceptors (Lipinski definition) is 4. The number of rotatable bonds is 8. The minimum atomic E-state index is -0.172. The lowest BCUT2D eigenvalue weighted by molar-refractivity contribution is -0.137. The summed E-state index contributed by atoms with van der Waals surface area (Å²) in [6, 6.07) is 0.0770. The molecule has 23 heavy (non-hydrogen) atoms. The first-order valence-corrected chi connectivity index (χ1v) is 9.47. The van der Waals surface area contributed by atoms with Crippen molar-refractivity contribution in [2.75, 3.05) is 11.9 Å². The third kappa shape index (κ3) is 5.61. The molecule has 2 amide bonds. The number of carbonyl (C=O) groups is 2. The van der Waals surface area contributed by atoms with Crippen LogP contribution in [0.1, 0.15) is 58.8 Å². The molecule has 0 bridgehead atoms. The minimum Gasteiger partial charge on any atom is -0.331 e. The highest BCUT2D eigenvalue weighted by atomic mass is 32.1. The average molecular weight is 337 g/mol. The van der Waals surface area contributed by atoms with Crippen molar-refractivity contribution in [3.63, 3.8) is 0 Å². The zero-order valence-electron chi connectivity index (χ0n) is 14.1. The Bertz CT molecular complexity index is 498. The smallest absolute Gasteiger partial charge is 0.245 e. The lowest BCUT2D eigenvalue weighted by atomic mass is 10.0. The van der Waals surface area contributed by atoms with Gasteiger partial charge in [0.25, 0.3) is 0 Å². The second kappa shape index (κ2) is 9.01. The summed E-state index contributed by atoms with van der Waals surface area (Å²) in [5.41, 5.74) is 0. The minimum absolute atomic E-state index is 0.0770. The molecule has 1 heterocycles. The number of nitrogens with one attached hydrogen (secondary N) is 1. The van der Waals surface area contributed by atoms with E-state index in [1.807, 2.05) is 19.2 Å². The van der Waals surface area contributed by atoms with Crippen molar-refractivity contribution >= 4 is 28.3 Å². The molecule has 0 spiro atoms. The Kier molecular flexibility index (Phi) is 7.02. The fourth-order valence-corrected chi connectivity index (χ4v) is 3.62. The van der Waals surface area contributed by atoms with Crippen LogP contribution in [-0.2, 0) is 9.59 Å². The van der Waals surface area contributed by atoms with Gasteiger partial charge < -0.3 is 10.2 Å². The Morgan fingerprint density at radius 3 is 2.78 bits per heavy atom. The first-order valence-electron chi connectivity index (χ1n) is 8.59. The summed E-state index contributed by atoms with van der Waals surface area (Å²) in [6.07, 6.45) is 9.11.